The molecule has 2 aromatic heterocycles. The third kappa shape index (κ3) is 3.24. The first-order valence-corrected chi connectivity index (χ1v) is 8.06. The van der Waals surface area contributed by atoms with Gasteiger partial charge in [0.15, 0.2) is 0 Å². The number of nitrogens with zero attached hydrogens (tertiary/aromatic N) is 3. The fraction of sp³-hybridized carbons (Fsp3) is 0.529. The second kappa shape index (κ2) is 6.38. The zero-order chi connectivity index (χ0) is 15.5. The lowest BCUT2D eigenvalue weighted by Gasteiger charge is -2.21. The average Bonchev–Trinajstić information content (AvgIpc) is 2.90. The number of hydrogen-bond acceptors (Lipinski definition) is 3. The van der Waals surface area contributed by atoms with Crippen LogP contribution in [0.15, 0.2) is 29.3 Å². The van der Waals surface area contributed by atoms with E-state index in [-0.39, 0.29) is 5.56 Å². The van der Waals surface area contributed by atoms with Gasteiger partial charge in [-0.05, 0) is 18.4 Å². The van der Waals surface area contributed by atoms with Crippen molar-refractivity contribution in [3.63, 3.8) is 0 Å². The van der Waals surface area contributed by atoms with Gasteiger partial charge in [0, 0.05) is 45.0 Å². The van der Waals surface area contributed by atoms with E-state index in [2.05, 4.69) is 16.6 Å². The predicted octanol–water partition coefficient (Wildman–Crippen LogP) is 2.78. The lowest BCUT2D eigenvalue weighted by atomic mass is 9.86. The van der Waals surface area contributed by atoms with Gasteiger partial charge in [-0.15, -0.1) is 0 Å². The molecule has 1 aliphatic carbocycles. The molecule has 0 saturated heterocycles. The van der Waals surface area contributed by atoms with Crippen molar-refractivity contribution < 1.29 is 0 Å². The molecular weight excluding hydrogens is 276 g/mol. The molecule has 3 rings (SSSR count). The lowest BCUT2D eigenvalue weighted by molar-refractivity contribution is 0.434. The van der Waals surface area contributed by atoms with Crippen LogP contribution >= 0.6 is 0 Å². The van der Waals surface area contributed by atoms with E-state index in [4.69, 9.17) is 0 Å². The summed E-state index contributed by atoms with van der Waals surface area (Å²) in [5, 5.41) is 8.17. The quantitative estimate of drug-likeness (QED) is 0.944. The van der Waals surface area contributed by atoms with E-state index in [9.17, 15) is 4.79 Å². The molecule has 2 heterocycles. The molecule has 0 aliphatic heterocycles. The minimum Gasteiger partial charge on any atom is -0.378 e. The van der Waals surface area contributed by atoms with Crippen molar-refractivity contribution in [2.75, 3.05) is 5.32 Å². The Morgan fingerprint density at radius 3 is 2.68 bits per heavy atom. The smallest absolute Gasteiger partial charge is 0.250 e. The minimum absolute atomic E-state index is 0.0213. The molecule has 1 aliphatic rings. The van der Waals surface area contributed by atoms with Crippen LogP contribution in [0.1, 0.15) is 49.3 Å². The Hall–Kier alpha value is -2.04. The Morgan fingerprint density at radius 2 is 1.95 bits per heavy atom. The Labute approximate surface area is 131 Å². The first kappa shape index (κ1) is 14.9. The molecule has 0 radical (unpaired) electrons. The van der Waals surface area contributed by atoms with Gasteiger partial charge in [-0.1, -0.05) is 25.3 Å². The number of anilines is 1. The van der Waals surface area contributed by atoms with Crippen LogP contribution in [0.5, 0.6) is 0 Å². The Bertz CT molecular complexity index is 695. The Balaban J connectivity index is 1.74. The summed E-state index contributed by atoms with van der Waals surface area (Å²) in [6, 6.07) is 3.49. The topological polar surface area (TPSA) is 51.9 Å². The van der Waals surface area contributed by atoms with Crippen molar-refractivity contribution in [2.24, 2.45) is 14.1 Å². The highest BCUT2D eigenvalue weighted by Crippen LogP contribution is 2.35. The first-order valence-electron chi connectivity index (χ1n) is 8.06. The average molecular weight is 300 g/mol. The van der Waals surface area contributed by atoms with Crippen molar-refractivity contribution >= 4 is 5.69 Å². The molecule has 5 nitrogen and oxygen atoms in total. The molecule has 1 N–H and O–H groups in total. The van der Waals surface area contributed by atoms with Gasteiger partial charge in [-0.25, -0.2) is 0 Å². The van der Waals surface area contributed by atoms with Crippen LogP contribution in [0.2, 0.25) is 0 Å². The SMILES string of the molecule is Cn1cc(NCc2ccc(=O)n(C)c2)c(C2CCCCC2)n1. The van der Waals surface area contributed by atoms with Crippen LogP contribution in [0.25, 0.3) is 0 Å². The molecule has 0 amide bonds. The van der Waals surface area contributed by atoms with Gasteiger partial charge in [-0.3, -0.25) is 9.48 Å². The van der Waals surface area contributed by atoms with Crippen LogP contribution < -0.4 is 10.9 Å². The van der Waals surface area contributed by atoms with E-state index in [1.54, 1.807) is 17.7 Å². The van der Waals surface area contributed by atoms with Gasteiger partial charge in [0.1, 0.15) is 0 Å². The molecule has 5 heteroatoms. The summed E-state index contributed by atoms with van der Waals surface area (Å²) >= 11 is 0. The van der Waals surface area contributed by atoms with Gasteiger partial charge in [-0.2, -0.15) is 5.10 Å². The maximum absolute atomic E-state index is 11.4. The number of aromatic nitrogens is 3. The summed E-state index contributed by atoms with van der Waals surface area (Å²) in [4.78, 5) is 11.4. The molecule has 1 saturated carbocycles. The highest BCUT2D eigenvalue weighted by molar-refractivity contribution is 5.48. The molecule has 0 unspecified atom stereocenters. The van der Waals surface area contributed by atoms with Crippen LogP contribution in [0, 0.1) is 0 Å². The van der Waals surface area contributed by atoms with Crippen LogP contribution in [-0.2, 0) is 20.6 Å². The largest absolute Gasteiger partial charge is 0.378 e. The van der Waals surface area contributed by atoms with Crippen LogP contribution in [0.4, 0.5) is 5.69 Å². The lowest BCUT2D eigenvalue weighted by Crippen LogP contribution is -2.16. The second-order valence-corrected chi connectivity index (χ2v) is 6.28. The fourth-order valence-corrected chi connectivity index (χ4v) is 3.27. The minimum atomic E-state index is 0.0213. The van der Waals surface area contributed by atoms with Crippen molar-refractivity contribution in [1.82, 2.24) is 14.3 Å². The first-order chi connectivity index (χ1) is 10.6. The van der Waals surface area contributed by atoms with Crippen LogP contribution in [0.3, 0.4) is 0 Å². The van der Waals surface area contributed by atoms with Crippen molar-refractivity contribution in [3.05, 3.63) is 46.1 Å². The summed E-state index contributed by atoms with van der Waals surface area (Å²) in [6.45, 7) is 0.708. The molecule has 22 heavy (non-hydrogen) atoms. The zero-order valence-corrected chi connectivity index (χ0v) is 13.4. The summed E-state index contributed by atoms with van der Waals surface area (Å²) in [5.41, 5.74) is 3.45. The van der Waals surface area contributed by atoms with E-state index in [0.717, 1.165) is 11.3 Å². The molecule has 0 atom stereocenters. The fourth-order valence-electron chi connectivity index (χ4n) is 3.27. The van der Waals surface area contributed by atoms with Crippen LogP contribution in [-0.4, -0.2) is 14.3 Å². The van der Waals surface area contributed by atoms with Gasteiger partial charge in [0.2, 0.25) is 5.56 Å². The van der Waals surface area contributed by atoms with Gasteiger partial charge in [0.05, 0.1) is 11.4 Å². The third-order valence-corrected chi connectivity index (χ3v) is 4.48. The molecule has 1 fully saturated rings. The van der Waals surface area contributed by atoms with Gasteiger partial charge >= 0.3 is 0 Å². The zero-order valence-electron chi connectivity index (χ0n) is 13.4. The Morgan fingerprint density at radius 1 is 1.18 bits per heavy atom. The molecule has 0 spiro atoms. The summed E-state index contributed by atoms with van der Waals surface area (Å²) in [7, 11) is 3.76. The number of pyridine rings is 1. The summed E-state index contributed by atoms with van der Waals surface area (Å²) in [5.74, 6) is 0.581. The molecule has 118 valence electrons. The molecule has 0 bridgehead atoms. The van der Waals surface area contributed by atoms with E-state index >= 15 is 0 Å². The van der Waals surface area contributed by atoms with E-state index in [0.29, 0.717) is 12.5 Å². The normalized spacial score (nSPS) is 15.9. The maximum atomic E-state index is 11.4. The number of rotatable bonds is 4. The maximum Gasteiger partial charge on any atom is 0.250 e. The Kier molecular flexibility index (Phi) is 4.32. The number of aryl methyl sites for hydroxylation is 2. The summed E-state index contributed by atoms with van der Waals surface area (Å²) in [6.07, 6.45) is 10.4. The molecule has 2 aromatic rings. The third-order valence-electron chi connectivity index (χ3n) is 4.48. The van der Waals surface area contributed by atoms with Crippen molar-refractivity contribution in [3.8, 4) is 0 Å². The predicted molar refractivity (Wildman–Crippen MR) is 88.0 cm³/mol. The molecule has 0 aromatic carbocycles. The second-order valence-electron chi connectivity index (χ2n) is 6.28. The highest BCUT2D eigenvalue weighted by Gasteiger charge is 2.21. The molecular formula is C17H24N4O. The summed E-state index contributed by atoms with van der Waals surface area (Å²) < 4.78 is 3.51. The standard InChI is InChI=1S/C17H24N4O/c1-20-11-13(8-9-16(20)22)10-18-15-12-21(2)19-17(15)14-6-4-3-5-7-14/h8-9,11-12,14,18H,3-7,10H2,1-2H3. The number of nitrogens with one attached hydrogen (secondary N) is 1. The number of hydrogen-bond donors (Lipinski definition) is 1. The van der Waals surface area contributed by atoms with Gasteiger partial charge in [0.25, 0.3) is 0 Å². The van der Waals surface area contributed by atoms with E-state index < -0.39 is 0 Å². The van der Waals surface area contributed by atoms with E-state index in [1.165, 1.54) is 37.8 Å². The monoisotopic (exact) mass is 300 g/mol. The van der Waals surface area contributed by atoms with Crippen molar-refractivity contribution in [1.29, 1.82) is 0 Å². The van der Waals surface area contributed by atoms with Crippen molar-refractivity contribution in [2.45, 2.75) is 44.6 Å². The van der Waals surface area contributed by atoms with Gasteiger partial charge < -0.3 is 9.88 Å². The highest BCUT2D eigenvalue weighted by atomic mass is 16.1. The van der Waals surface area contributed by atoms with E-state index in [1.807, 2.05) is 24.0 Å².